The van der Waals surface area contributed by atoms with Crippen molar-refractivity contribution < 1.29 is 19.2 Å². The summed E-state index contributed by atoms with van der Waals surface area (Å²) in [5, 5.41) is 2.20. The van der Waals surface area contributed by atoms with Crippen LogP contribution in [0.2, 0.25) is 0 Å². The monoisotopic (exact) mass is 341 g/mol. The molecule has 0 aromatic heterocycles. The highest BCUT2D eigenvalue weighted by Crippen LogP contribution is 2.32. The number of amides is 4. The van der Waals surface area contributed by atoms with E-state index in [0.29, 0.717) is 17.0 Å². The van der Waals surface area contributed by atoms with Gasteiger partial charge in [0.15, 0.2) is 0 Å². The van der Waals surface area contributed by atoms with Crippen molar-refractivity contribution >= 4 is 29.3 Å². The van der Waals surface area contributed by atoms with Crippen molar-refractivity contribution in [3.05, 3.63) is 29.3 Å². The maximum absolute atomic E-state index is 12.8. The molecule has 0 saturated carbocycles. The zero-order valence-corrected chi connectivity index (χ0v) is 13.9. The van der Waals surface area contributed by atoms with Crippen LogP contribution in [0.15, 0.2) is 18.2 Å². The Labute approximate surface area is 145 Å². The van der Waals surface area contributed by atoms with Gasteiger partial charge in [-0.1, -0.05) is 6.92 Å². The van der Waals surface area contributed by atoms with E-state index >= 15 is 0 Å². The molecule has 25 heavy (non-hydrogen) atoms. The third-order valence-corrected chi connectivity index (χ3v) is 5.21. The Balaban J connectivity index is 1.63. The summed E-state index contributed by atoms with van der Waals surface area (Å²) in [6.07, 6.45) is 1.40. The van der Waals surface area contributed by atoms with Crippen LogP contribution in [0.3, 0.4) is 0 Å². The highest BCUT2D eigenvalue weighted by Gasteiger charge is 2.44. The number of rotatable bonds is 2. The maximum Gasteiger partial charge on any atom is 0.262 e. The van der Waals surface area contributed by atoms with Crippen molar-refractivity contribution in [2.24, 2.45) is 5.92 Å². The zero-order valence-electron chi connectivity index (χ0n) is 13.9. The minimum absolute atomic E-state index is 0.126. The van der Waals surface area contributed by atoms with Crippen molar-refractivity contribution in [3.8, 4) is 0 Å². The number of carbonyl (C=O) groups excluding carboxylic acids is 4. The topological polar surface area (TPSA) is 86.8 Å². The molecule has 7 nitrogen and oxygen atoms in total. The molecule has 4 amide bonds. The van der Waals surface area contributed by atoms with Crippen LogP contribution in [0.5, 0.6) is 0 Å². The van der Waals surface area contributed by atoms with Gasteiger partial charge in [0.2, 0.25) is 11.8 Å². The van der Waals surface area contributed by atoms with Crippen LogP contribution in [0, 0.1) is 5.92 Å². The Morgan fingerprint density at radius 3 is 2.48 bits per heavy atom. The predicted molar refractivity (Wildman–Crippen MR) is 89.1 cm³/mol. The van der Waals surface area contributed by atoms with Crippen LogP contribution in [-0.4, -0.2) is 47.7 Å². The van der Waals surface area contributed by atoms with Gasteiger partial charge in [-0.2, -0.15) is 0 Å². The second-order valence-electron chi connectivity index (χ2n) is 7.02. The molecule has 2 fully saturated rings. The van der Waals surface area contributed by atoms with E-state index in [1.54, 1.807) is 12.1 Å². The summed E-state index contributed by atoms with van der Waals surface area (Å²) in [6, 6.07) is 4.36. The van der Waals surface area contributed by atoms with Crippen LogP contribution >= 0.6 is 0 Å². The Bertz CT molecular complexity index is 804. The number of hydrogen-bond donors (Lipinski definition) is 1. The molecule has 3 heterocycles. The van der Waals surface area contributed by atoms with E-state index in [2.05, 4.69) is 17.1 Å². The Morgan fingerprint density at radius 2 is 1.80 bits per heavy atom. The van der Waals surface area contributed by atoms with Crippen LogP contribution in [-0.2, 0) is 9.59 Å². The molecule has 0 spiro atoms. The number of imide groups is 2. The van der Waals surface area contributed by atoms with E-state index in [0.717, 1.165) is 30.1 Å². The van der Waals surface area contributed by atoms with Gasteiger partial charge in [0, 0.05) is 25.2 Å². The Kier molecular flexibility index (Phi) is 3.59. The number of carbonyl (C=O) groups is 4. The number of anilines is 1. The third-order valence-electron chi connectivity index (χ3n) is 5.21. The molecule has 0 aliphatic carbocycles. The van der Waals surface area contributed by atoms with Crippen LogP contribution in [0.1, 0.15) is 46.9 Å². The van der Waals surface area contributed by atoms with Crippen LogP contribution < -0.4 is 10.2 Å². The molecule has 0 bridgehead atoms. The quantitative estimate of drug-likeness (QED) is 0.809. The second-order valence-corrected chi connectivity index (χ2v) is 7.02. The van der Waals surface area contributed by atoms with E-state index < -0.39 is 23.8 Å². The first kappa shape index (κ1) is 15.8. The summed E-state index contributed by atoms with van der Waals surface area (Å²) < 4.78 is 0. The smallest absolute Gasteiger partial charge is 0.262 e. The van der Waals surface area contributed by atoms with E-state index in [1.165, 1.54) is 0 Å². The fourth-order valence-corrected chi connectivity index (χ4v) is 3.83. The largest absolute Gasteiger partial charge is 0.371 e. The Hall–Kier alpha value is -2.70. The van der Waals surface area contributed by atoms with Gasteiger partial charge in [0.25, 0.3) is 11.8 Å². The van der Waals surface area contributed by atoms with Crippen molar-refractivity contribution in [1.29, 1.82) is 0 Å². The first-order valence-corrected chi connectivity index (χ1v) is 8.56. The van der Waals surface area contributed by atoms with E-state index in [-0.39, 0.29) is 18.7 Å². The fourth-order valence-electron chi connectivity index (χ4n) is 3.83. The summed E-state index contributed by atoms with van der Waals surface area (Å²) >= 11 is 0. The molecule has 130 valence electrons. The molecule has 1 unspecified atom stereocenters. The molecule has 3 aliphatic rings. The number of fused-ring (bicyclic) bond motifs is 1. The van der Waals surface area contributed by atoms with Crippen molar-refractivity contribution in [2.45, 2.75) is 32.2 Å². The molecule has 1 N–H and O–H groups in total. The van der Waals surface area contributed by atoms with Gasteiger partial charge in [-0.3, -0.25) is 29.4 Å². The summed E-state index contributed by atoms with van der Waals surface area (Å²) in [7, 11) is 0. The first-order chi connectivity index (χ1) is 12.0. The Morgan fingerprint density at radius 1 is 1.04 bits per heavy atom. The van der Waals surface area contributed by atoms with E-state index in [9.17, 15) is 19.2 Å². The molecule has 1 aromatic rings. The molecule has 2 atom stereocenters. The van der Waals surface area contributed by atoms with Crippen molar-refractivity contribution in [3.63, 3.8) is 0 Å². The van der Waals surface area contributed by atoms with Gasteiger partial charge >= 0.3 is 0 Å². The van der Waals surface area contributed by atoms with Gasteiger partial charge in [-0.25, -0.2) is 0 Å². The lowest BCUT2D eigenvalue weighted by atomic mass is 10.0. The highest BCUT2D eigenvalue weighted by molar-refractivity contribution is 6.23. The zero-order chi connectivity index (χ0) is 17.7. The minimum atomic E-state index is -0.916. The van der Waals surface area contributed by atoms with Gasteiger partial charge in [-0.05, 0) is 37.0 Å². The molecule has 0 radical (unpaired) electrons. The molecular formula is C18H19N3O4. The average Bonchev–Trinajstić information content (AvgIpc) is 3.11. The summed E-state index contributed by atoms with van der Waals surface area (Å²) in [4.78, 5) is 52.0. The summed E-state index contributed by atoms with van der Waals surface area (Å²) in [6.45, 7) is 4.05. The van der Waals surface area contributed by atoms with Gasteiger partial charge < -0.3 is 4.90 Å². The van der Waals surface area contributed by atoms with E-state index in [4.69, 9.17) is 0 Å². The number of piperidine rings is 1. The molecule has 1 aromatic carbocycles. The second kappa shape index (κ2) is 5.68. The molecular weight excluding hydrogens is 322 g/mol. The lowest BCUT2D eigenvalue weighted by Gasteiger charge is -2.27. The van der Waals surface area contributed by atoms with Crippen molar-refractivity contribution in [1.82, 2.24) is 10.2 Å². The molecule has 2 saturated heterocycles. The van der Waals surface area contributed by atoms with Gasteiger partial charge in [-0.15, -0.1) is 0 Å². The minimum Gasteiger partial charge on any atom is -0.371 e. The summed E-state index contributed by atoms with van der Waals surface area (Å²) in [5.41, 5.74) is 1.59. The third kappa shape index (κ3) is 2.50. The normalized spacial score (nSPS) is 26.3. The van der Waals surface area contributed by atoms with Gasteiger partial charge in [0.05, 0.1) is 11.1 Å². The number of nitrogens with zero attached hydrogens (tertiary/aromatic N) is 2. The molecule has 7 heteroatoms. The summed E-state index contributed by atoms with van der Waals surface area (Å²) in [5.74, 6) is -1.27. The lowest BCUT2D eigenvalue weighted by molar-refractivity contribution is -0.136. The van der Waals surface area contributed by atoms with E-state index in [1.807, 2.05) is 6.07 Å². The molecule has 4 rings (SSSR count). The standard InChI is InChI=1S/C18H19N3O4/c1-10-6-7-20(9-10)11-2-3-12-13(8-11)18(25)21(17(12)24)14-4-5-15(22)19-16(14)23/h2-3,8,10,14H,4-7,9H2,1H3,(H,19,22,23)/t10-,14?/m1/s1. The first-order valence-electron chi connectivity index (χ1n) is 8.56. The SMILES string of the molecule is C[C@@H]1CCN(c2ccc3c(c2)C(=O)N(C2CCC(=O)NC2=O)C3=O)C1. The molecule has 3 aliphatic heterocycles. The number of hydrogen-bond acceptors (Lipinski definition) is 5. The number of nitrogens with one attached hydrogen (secondary N) is 1. The van der Waals surface area contributed by atoms with Crippen LogP contribution in [0.4, 0.5) is 5.69 Å². The lowest BCUT2D eigenvalue weighted by Crippen LogP contribution is -2.54. The maximum atomic E-state index is 12.8. The average molecular weight is 341 g/mol. The number of benzene rings is 1. The highest BCUT2D eigenvalue weighted by atomic mass is 16.2. The predicted octanol–water partition coefficient (Wildman–Crippen LogP) is 0.934. The van der Waals surface area contributed by atoms with Gasteiger partial charge in [0.1, 0.15) is 6.04 Å². The van der Waals surface area contributed by atoms with Crippen LogP contribution in [0.25, 0.3) is 0 Å². The fraction of sp³-hybridized carbons (Fsp3) is 0.444. The van der Waals surface area contributed by atoms with Crippen molar-refractivity contribution in [2.75, 3.05) is 18.0 Å².